The topological polar surface area (TPSA) is 72.2 Å². The van der Waals surface area contributed by atoms with Crippen molar-refractivity contribution in [3.05, 3.63) is 83.9 Å². The van der Waals surface area contributed by atoms with Gasteiger partial charge in [0.25, 0.3) is 5.91 Å². The van der Waals surface area contributed by atoms with Gasteiger partial charge in [0, 0.05) is 11.0 Å². The minimum atomic E-state index is -0.569. The van der Waals surface area contributed by atoms with Crippen LogP contribution < -0.4 is 11.1 Å². The SMILES string of the molecule is NC(=O)c1cc(-c2ccccc2)sc1NC(=O)/C=C/c1ccccc1. The molecule has 124 valence electrons. The van der Waals surface area contributed by atoms with Gasteiger partial charge in [0.05, 0.1) is 5.56 Å². The van der Waals surface area contributed by atoms with Gasteiger partial charge in [-0.15, -0.1) is 11.3 Å². The molecular weight excluding hydrogens is 332 g/mol. The van der Waals surface area contributed by atoms with E-state index in [4.69, 9.17) is 5.73 Å². The van der Waals surface area contributed by atoms with E-state index in [9.17, 15) is 9.59 Å². The summed E-state index contributed by atoms with van der Waals surface area (Å²) in [4.78, 5) is 24.7. The fourth-order valence-corrected chi connectivity index (χ4v) is 3.37. The van der Waals surface area contributed by atoms with Gasteiger partial charge in [-0.25, -0.2) is 0 Å². The van der Waals surface area contributed by atoms with Crippen molar-refractivity contribution in [3.63, 3.8) is 0 Å². The number of thiophene rings is 1. The molecule has 5 heteroatoms. The van der Waals surface area contributed by atoms with Gasteiger partial charge >= 0.3 is 0 Å². The number of hydrogen-bond acceptors (Lipinski definition) is 3. The lowest BCUT2D eigenvalue weighted by molar-refractivity contribution is -0.111. The average Bonchev–Trinajstić information content (AvgIpc) is 3.06. The van der Waals surface area contributed by atoms with Crippen LogP contribution in [0.15, 0.2) is 72.8 Å². The van der Waals surface area contributed by atoms with Crippen molar-refractivity contribution in [1.29, 1.82) is 0 Å². The van der Waals surface area contributed by atoms with Gasteiger partial charge < -0.3 is 11.1 Å². The van der Waals surface area contributed by atoms with Crippen LogP contribution in [-0.4, -0.2) is 11.8 Å². The van der Waals surface area contributed by atoms with Crippen molar-refractivity contribution in [2.24, 2.45) is 5.73 Å². The van der Waals surface area contributed by atoms with Crippen molar-refractivity contribution in [3.8, 4) is 10.4 Å². The highest BCUT2D eigenvalue weighted by Gasteiger charge is 2.16. The molecule has 25 heavy (non-hydrogen) atoms. The second-order valence-corrected chi connectivity index (χ2v) is 6.37. The Morgan fingerprint density at radius 1 is 0.960 bits per heavy atom. The molecule has 1 heterocycles. The Morgan fingerprint density at radius 2 is 1.60 bits per heavy atom. The third kappa shape index (κ3) is 4.22. The Bertz CT molecular complexity index is 915. The first-order valence-corrected chi connectivity index (χ1v) is 8.48. The Morgan fingerprint density at radius 3 is 2.24 bits per heavy atom. The zero-order valence-electron chi connectivity index (χ0n) is 13.3. The van der Waals surface area contributed by atoms with Crippen LogP contribution in [0.1, 0.15) is 15.9 Å². The average molecular weight is 348 g/mol. The van der Waals surface area contributed by atoms with Gasteiger partial charge in [-0.3, -0.25) is 9.59 Å². The minimum absolute atomic E-state index is 0.310. The minimum Gasteiger partial charge on any atom is -0.366 e. The lowest BCUT2D eigenvalue weighted by atomic mass is 10.1. The molecular formula is C20H16N2O2S. The molecule has 0 saturated carbocycles. The Kier molecular flexibility index (Phi) is 5.06. The van der Waals surface area contributed by atoms with Crippen LogP contribution in [-0.2, 0) is 4.79 Å². The lowest BCUT2D eigenvalue weighted by Crippen LogP contribution is -2.14. The fourth-order valence-electron chi connectivity index (χ4n) is 2.30. The number of benzene rings is 2. The van der Waals surface area contributed by atoms with Crippen LogP contribution in [0.2, 0.25) is 0 Å². The zero-order valence-corrected chi connectivity index (χ0v) is 14.1. The van der Waals surface area contributed by atoms with Gasteiger partial charge in [-0.05, 0) is 23.3 Å². The zero-order chi connectivity index (χ0) is 17.6. The Labute approximate surface area is 149 Å². The van der Waals surface area contributed by atoms with E-state index in [1.54, 1.807) is 12.1 Å². The van der Waals surface area contributed by atoms with Crippen LogP contribution in [0.4, 0.5) is 5.00 Å². The number of rotatable bonds is 5. The normalized spacial score (nSPS) is 10.7. The van der Waals surface area contributed by atoms with E-state index in [-0.39, 0.29) is 5.91 Å². The molecule has 0 radical (unpaired) electrons. The summed E-state index contributed by atoms with van der Waals surface area (Å²) < 4.78 is 0. The summed E-state index contributed by atoms with van der Waals surface area (Å²) in [7, 11) is 0. The van der Waals surface area contributed by atoms with Crippen LogP contribution in [0.25, 0.3) is 16.5 Å². The molecule has 0 bridgehead atoms. The van der Waals surface area contributed by atoms with E-state index in [0.717, 1.165) is 16.0 Å². The highest BCUT2D eigenvalue weighted by molar-refractivity contribution is 7.20. The van der Waals surface area contributed by atoms with Crippen LogP contribution in [0.3, 0.4) is 0 Å². The van der Waals surface area contributed by atoms with E-state index < -0.39 is 5.91 Å². The molecule has 0 atom stereocenters. The second kappa shape index (κ2) is 7.59. The number of hydrogen-bond donors (Lipinski definition) is 2. The van der Waals surface area contributed by atoms with Gasteiger partial charge in [0.2, 0.25) is 5.91 Å². The van der Waals surface area contributed by atoms with Crippen molar-refractivity contribution in [1.82, 2.24) is 0 Å². The number of carbonyl (C=O) groups excluding carboxylic acids is 2. The quantitative estimate of drug-likeness (QED) is 0.679. The summed E-state index contributed by atoms with van der Waals surface area (Å²) >= 11 is 1.32. The van der Waals surface area contributed by atoms with E-state index in [1.807, 2.05) is 60.7 Å². The molecule has 3 aromatic rings. The smallest absolute Gasteiger partial charge is 0.251 e. The molecule has 3 rings (SSSR count). The van der Waals surface area contributed by atoms with Crippen molar-refractivity contribution in [2.45, 2.75) is 0 Å². The highest BCUT2D eigenvalue weighted by atomic mass is 32.1. The summed E-state index contributed by atoms with van der Waals surface area (Å²) in [6, 6.07) is 20.8. The molecule has 0 spiro atoms. The molecule has 0 aliphatic heterocycles. The van der Waals surface area contributed by atoms with Crippen LogP contribution >= 0.6 is 11.3 Å². The lowest BCUT2D eigenvalue weighted by Gasteiger charge is -2.01. The fraction of sp³-hybridized carbons (Fsp3) is 0. The summed E-state index contributed by atoms with van der Waals surface area (Å²) in [6.45, 7) is 0. The molecule has 3 N–H and O–H groups in total. The van der Waals surface area contributed by atoms with Crippen molar-refractivity contribution in [2.75, 3.05) is 5.32 Å². The number of nitrogens with one attached hydrogen (secondary N) is 1. The van der Waals surface area contributed by atoms with Gasteiger partial charge in [-0.1, -0.05) is 60.7 Å². The summed E-state index contributed by atoms with van der Waals surface area (Å²) in [5, 5.41) is 3.20. The van der Waals surface area contributed by atoms with Crippen molar-refractivity contribution >= 4 is 34.2 Å². The van der Waals surface area contributed by atoms with E-state index in [2.05, 4.69) is 5.32 Å². The van der Waals surface area contributed by atoms with E-state index in [0.29, 0.717) is 10.6 Å². The first-order valence-electron chi connectivity index (χ1n) is 7.66. The molecule has 4 nitrogen and oxygen atoms in total. The maximum absolute atomic E-state index is 12.2. The Hall–Kier alpha value is -3.18. The second-order valence-electron chi connectivity index (χ2n) is 5.32. The molecule has 0 unspecified atom stereocenters. The first-order chi connectivity index (χ1) is 12.1. The molecule has 0 saturated heterocycles. The maximum Gasteiger partial charge on any atom is 0.251 e. The van der Waals surface area contributed by atoms with Gasteiger partial charge in [0.1, 0.15) is 5.00 Å². The van der Waals surface area contributed by atoms with E-state index in [1.165, 1.54) is 17.4 Å². The summed E-state index contributed by atoms with van der Waals surface area (Å²) in [6.07, 6.45) is 3.15. The number of primary amides is 1. The van der Waals surface area contributed by atoms with Crippen LogP contribution in [0.5, 0.6) is 0 Å². The largest absolute Gasteiger partial charge is 0.366 e. The summed E-state index contributed by atoms with van der Waals surface area (Å²) in [5.74, 6) is -0.881. The third-order valence-electron chi connectivity index (χ3n) is 3.52. The molecule has 2 amide bonds. The predicted molar refractivity (Wildman–Crippen MR) is 102 cm³/mol. The maximum atomic E-state index is 12.2. The predicted octanol–water partition coefficient (Wildman–Crippen LogP) is 4.17. The standard InChI is InChI=1S/C20H16N2O2S/c21-19(24)16-13-17(15-9-5-2-6-10-15)25-20(16)22-18(23)12-11-14-7-3-1-4-8-14/h1-13H,(H2,21,24)(H,22,23)/b12-11+. The Balaban J connectivity index is 1.81. The van der Waals surface area contributed by atoms with Gasteiger partial charge in [-0.2, -0.15) is 0 Å². The third-order valence-corrected chi connectivity index (χ3v) is 4.62. The van der Waals surface area contributed by atoms with Crippen molar-refractivity contribution < 1.29 is 9.59 Å². The molecule has 0 aliphatic rings. The molecule has 2 aromatic carbocycles. The van der Waals surface area contributed by atoms with Gasteiger partial charge in [0.15, 0.2) is 0 Å². The number of carbonyl (C=O) groups is 2. The van der Waals surface area contributed by atoms with Crippen LogP contribution in [0, 0.1) is 0 Å². The highest BCUT2D eigenvalue weighted by Crippen LogP contribution is 2.35. The molecule has 1 aromatic heterocycles. The monoisotopic (exact) mass is 348 g/mol. The molecule has 0 fully saturated rings. The number of anilines is 1. The summed E-state index contributed by atoms with van der Waals surface area (Å²) in [5.41, 5.74) is 7.64. The van der Waals surface area contributed by atoms with E-state index >= 15 is 0 Å². The number of nitrogens with two attached hydrogens (primary N) is 1. The molecule has 0 aliphatic carbocycles. The first kappa shape index (κ1) is 16.7. The number of amides is 2.